The molecule has 1 atom stereocenters. The van der Waals surface area contributed by atoms with E-state index in [1.807, 2.05) is 12.1 Å². The van der Waals surface area contributed by atoms with E-state index in [1.165, 1.54) is 0 Å². The predicted octanol–water partition coefficient (Wildman–Crippen LogP) is 1.83. The lowest BCUT2D eigenvalue weighted by atomic mass is 9.86. The zero-order chi connectivity index (χ0) is 21.8. The molecule has 2 rings (SSSR count). The van der Waals surface area contributed by atoms with Crippen molar-refractivity contribution in [2.45, 2.75) is 46.1 Å². The predicted molar refractivity (Wildman–Crippen MR) is 107 cm³/mol. The molecule has 1 heterocycles. The molecular weight excluding hydrogens is 374 g/mol. The number of hydrogen-bond acceptors (Lipinski definition) is 5. The third-order valence-electron chi connectivity index (χ3n) is 4.72. The number of hydrogen-bond donors (Lipinski definition) is 2. The maximum absolute atomic E-state index is 12.6. The van der Waals surface area contributed by atoms with Crippen LogP contribution in [-0.2, 0) is 19.7 Å². The third-order valence-corrected chi connectivity index (χ3v) is 4.72. The van der Waals surface area contributed by atoms with Gasteiger partial charge in [0.2, 0.25) is 0 Å². The second kappa shape index (κ2) is 9.07. The van der Waals surface area contributed by atoms with Gasteiger partial charge in [0.1, 0.15) is 6.04 Å². The first kappa shape index (κ1) is 22.4. The smallest absolute Gasteiger partial charge is 0.329 e. The van der Waals surface area contributed by atoms with Gasteiger partial charge in [0, 0.05) is 18.7 Å². The number of amides is 4. The number of nitrogens with zero attached hydrogens (tertiary/aromatic N) is 1. The molecule has 1 aromatic rings. The van der Waals surface area contributed by atoms with Gasteiger partial charge in [-0.1, -0.05) is 46.8 Å². The molecule has 158 valence electrons. The summed E-state index contributed by atoms with van der Waals surface area (Å²) in [4.78, 5) is 49.5. The highest BCUT2D eigenvalue weighted by atomic mass is 16.5. The Balaban J connectivity index is 1.97. The maximum Gasteiger partial charge on any atom is 0.329 e. The van der Waals surface area contributed by atoms with E-state index < -0.39 is 36.5 Å². The van der Waals surface area contributed by atoms with Crippen LogP contribution in [0.1, 0.15) is 50.5 Å². The first-order chi connectivity index (χ1) is 13.5. The normalized spacial score (nSPS) is 15.1. The number of ether oxygens (including phenoxy) is 1. The maximum atomic E-state index is 12.6. The van der Waals surface area contributed by atoms with Crippen molar-refractivity contribution in [3.8, 4) is 0 Å². The van der Waals surface area contributed by atoms with E-state index in [-0.39, 0.29) is 17.9 Å². The van der Waals surface area contributed by atoms with E-state index in [1.54, 1.807) is 26.0 Å². The molecule has 1 aliphatic rings. The zero-order valence-electron chi connectivity index (χ0n) is 17.6. The SMILES string of the molecule is CC(C)[C@H](NC(=O)c1ccc(C(C)(C)C)cc1)C(=O)OCC(=O)N1CCNC1=O. The summed E-state index contributed by atoms with van der Waals surface area (Å²) in [6, 6.07) is 5.79. The quantitative estimate of drug-likeness (QED) is 0.705. The molecule has 1 aromatic carbocycles. The Kier molecular flexibility index (Phi) is 7.00. The van der Waals surface area contributed by atoms with Crippen LogP contribution in [0, 0.1) is 5.92 Å². The standard InChI is InChI=1S/C21H29N3O5/c1-13(2)17(19(27)29-12-16(25)24-11-10-22-20(24)28)23-18(26)14-6-8-15(9-7-14)21(3,4)5/h6-9,13,17H,10-12H2,1-5H3,(H,22,28)(H,23,26)/t17-/m0/s1. The number of rotatable bonds is 6. The number of carbonyl (C=O) groups is 4. The van der Waals surface area contributed by atoms with Gasteiger partial charge < -0.3 is 15.4 Å². The molecule has 1 saturated heterocycles. The minimum absolute atomic E-state index is 0.0297. The molecule has 4 amide bonds. The highest BCUT2D eigenvalue weighted by molar-refractivity contribution is 5.98. The summed E-state index contributed by atoms with van der Waals surface area (Å²) in [7, 11) is 0. The van der Waals surface area contributed by atoms with E-state index in [0.29, 0.717) is 12.1 Å². The number of esters is 1. The van der Waals surface area contributed by atoms with Gasteiger partial charge in [-0.15, -0.1) is 0 Å². The Morgan fingerprint density at radius 2 is 1.79 bits per heavy atom. The van der Waals surface area contributed by atoms with Crippen LogP contribution in [0.3, 0.4) is 0 Å². The van der Waals surface area contributed by atoms with Crippen LogP contribution in [0.2, 0.25) is 0 Å². The average molecular weight is 403 g/mol. The molecule has 0 unspecified atom stereocenters. The number of imide groups is 1. The van der Waals surface area contributed by atoms with Gasteiger partial charge in [-0.05, 0) is 29.0 Å². The molecule has 8 heteroatoms. The Bertz CT molecular complexity index is 781. The molecule has 0 aromatic heterocycles. The van der Waals surface area contributed by atoms with Crippen LogP contribution in [0.25, 0.3) is 0 Å². The fourth-order valence-electron chi connectivity index (χ4n) is 2.85. The lowest BCUT2D eigenvalue weighted by Gasteiger charge is -2.22. The van der Waals surface area contributed by atoms with Crippen LogP contribution in [0.5, 0.6) is 0 Å². The Morgan fingerprint density at radius 3 is 2.28 bits per heavy atom. The monoisotopic (exact) mass is 403 g/mol. The number of benzene rings is 1. The van der Waals surface area contributed by atoms with Crippen LogP contribution in [0.4, 0.5) is 4.79 Å². The first-order valence-corrected chi connectivity index (χ1v) is 9.67. The Hall–Kier alpha value is -2.90. The lowest BCUT2D eigenvalue weighted by Crippen LogP contribution is -2.46. The van der Waals surface area contributed by atoms with Crippen molar-refractivity contribution in [2.75, 3.05) is 19.7 Å². The second-order valence-electron chi connectivity index (χ2n) is 8.41. The first-order valence-electron chi connectivity index (χ1n) is 9.67. The van der Waals surface area contributed by atoms with Crippen molar-refractivity contribution in [2.24, 2.45) is 5.92 Å². The van der Waals surface area contributed by atoms with Gasteiger partial charge >= 0.3 is 12.0 Å². The van der Waals surface area contributed by atoms with E-state index in [9.17, 15) is 19.2 Å². The van der Waals surface area contributed by atoms with Gasteiger partial charge in [-0.3, -0.25) is 14.5 Å². The fourth-order valence-corrected chi connectivity index (χ4v) is 2.85. The molecule has 1 fully saturated rings. The van der Waals surface area contributed by atoms with Crippen molar-refractivity contribution in [3.63, 3.8) is 0 Å². The lowest BCUT2D eigenvalue weighted by molar-refractivity contribution is -0.153. The summed E-state index contributed by atoms with van der Waals surface area (Å²) in [5.74, 6) is -1.95. The van der Waals surface area contributed by atoms with Crippen molar-refractivity contribution in [3.05, 3.63) is 35.4 Å². The average Bonchev–Trinajstić information content (AvgIpc) is 3.08. The Morgan fingerprint density at radius 1 is 1.17 bits per heavy atom. The summed E-state index contributed by atoms with van der Waals surface area (Å²) < 4.78 is 5.06. The van der Waals surface area contributed by atoms with E-state index in [0.717, 1.165) is 10.5 Å². The Labute approximate surface area is 171 Å². The van der Waals surface area contributed by atoms with Crippen molar-refractivity contribution in [1.29, 1.82) is 0 Å². The van der Waals surface area contributed by atoms with Crippen LogP contribution < -0.4 is 10.6 Å². The molecular formula is C21H29N3O5. The molecule has 2 N–H and O–H groups in total. The minimum atomic E-state index is -0.912. The molecule has 0 spiro atoms. The minimum Gasteiger partial charge on any atom is -0.454 e. The zero-order valence-corrected chi connectivity index (χ0v) is 17.6. The molecule has 1 aliphatic heterocycles. The van der Waals surface area contributed by atoms with Crippen LogP contribution in [-0.4, -0.2) is 54.5 Å². The highest BCUT2D eigenvalue weighted by Gasteiger charge is 2.30. The summed E-state index contributed by atoms with van der Waals surface area (Å²) in [5, 5.41) is 5.18. The van der Waals surface area contributed by atoms with Gasteiger partial charge in [-0.25, -0.2) is 9.59 Å². The molecule has 0 bridgehead atoms. The summed E-state index contributed by atoms with van der Waals surface area (Å²) in [5.41, 5.74) is 1.50. The van der Waals surface area contributed by atoms with Gasteiger partial charge in [0.25, 0.3) is 11.8 Å². The van der Waals surface area contributed by atoms with Crippen LogP contribution in [0.15, 0.2) is 24.3 Å². The van der Waals surface area contributed by atoms with Crippen LogP contribution >= 0.6 is 0 Å². The number of carbonyl (C=O) groups excluding carboxylic acids is 4. The van der Waals surface area contributed by atoms with E-state index in [4.69, 9.17) is 4.74 Å². The second-order valence-corrected chi connectivity index (χ2v) is 8.41. The summed E-state index contributed by atoms with van der Waals surface area (Å²) >= 11 is 0. The van der Waals surface area contributed by atoms with Crippen molar-refractivity contribution in [1.82, 2.24) is 15.5 Å². The van der Waals surface area contributed by atoms with E-state index in [2.05, 4.69) is 31.4 Å². The summed E-state index contributed by atoms with van der Waals surface area (Å²) in [6.07, 6.45) is 0. The molecule has 0 aliphatic carbocycles. The summed E-state index contributed by atoms with van der Waals surface area (Å²) in [6.45, 7) is 9.85. The van der Waals surface area contributed by atoms with Crippen molar-refractivity contribution < 1.29 is 23.9 Å². The molecule has 0 radical (unpaired) electrons. The van der Waals surface area contributed by atoms with Crippen molar-refractivity contribution >= 4 is 23.8 Å². The van der Waals surface area contributed by atoms with E-state index >= 15 is 0 Å². The largest absolute Gasteiger partial charge is 0.454 e. The number of urea groups is 1. The molecule has 29 heavy (non-hydrogen) atoms. The van der Waals surface area contributed by atoms with Gasteiger partial charge in [-0.2, -0.15) is 0 Å². The fraction of sp³-hybridized carbons (Fsp3) is 0.524. The topological polar surface area (TPSA) is 105 Å². The van der Waals surface area contributed by atoms with Gasteiger partial charge in [0.15, 0.2) is 6.61 Å². The van der Waals surface area contributed by atoms with Gasteiger partial charge in [0.05, 0.1) is 0 Å². The molecule has 0 saturated carbocycles. The number of nitrogens with one attached hydrogen (secondary N) is 2. The third kappa shape index (κ3) is 5.79. The highest BCUT2D eigenvalue weighted by Crippen LogP contribution is 2.22. The molecule has 8 nitrogen and oxygen atoms in total.